The highest BCUT2D eigenvalue weighted by Crippen LogP contribution is 2.31. The van der Waals surface area contributed by atoms with Crippen LogP contribution >= 0.6 is 23.1 Å². The van der Waals surface area contributed by atoms with E-state index in [1.807, 2.05) is 29.3 Å². The molecule has 0 atom stereocenters. The van der Waals surface area contributed by atoms with Crippen molar-refractivity contribution in [3.8, 4) is 0 Å². The second-order valence-corrected chi connectivity index (χ2v) is 8.88. The highest BCUT2D eigenvalue weighted by atomic mass is 32.2. The maximum absolute atomic E-state index is 4.47. The minimum Gasteiger partial charge on any atom is -0.354 e. The van der Waals surface area contributed by atoms with Gasteiger partial charge >= 0.3 is 0 Å². The van der Waals surface area contributed by atoms with E-state index >= 15 is 0 Å². The van der Waals surface area contributed by atoms with E-state index in [2.05, 4.69) is 60.1 Å². The van der Waals surface area contributed by atoms with Crippen LogP contribution in [-0.4, -0.2) is 42.3 Å². The van der Waals surface area contributed by atoms with Crippen LogP contribution in [0.25, 0.3) is 0 Å². The highest BCUT2D eigenvalue weighted by Gasteiger charge is 2.20. The third kappa shape index (κ3) is 4.72. The lowest BCUT2D eigenvalue weighted by atomic mass is 10.1. The SMILES string of the molecule is Cc1ccc(SC2CCN(Cc3cnc(N(C)C)s3)CC2)cc1. The molecule has 0 radical (unpaired) electrons. The number of thioether (sulfide) groups is 1. The molecular weight excluding hydrogens is 322 g/mol. The van der Waals surface area contributed by atoms with Crippen LogP contribution in [0.2, 0.25) is 0 Å². The number of hydrogen-bond acceptors (Lipinski definition) is 5. The van der Waals surface area contributed by atoms with E-state index in [9.17, 15) is 0 Å². The highest BCUT2D eigenvalue weighted by molar-refractivity contribution is 8.00. The number of anilines is 1. The molecule has 23 heavy (non-hydrogen) atoms. The molecule has 1 aliphatic heterocycles. The van der Waals surface area contributed by atoms with Gasteiger partial charge in [0.25, 0.3) is 0 Å². The number of nitrogens with zero attached hydrogens (tertiary/aromatic N) is 3. The van der Waals surface area contributed by atoms with Gasteiger partial charge in [0, 0.05) is 41.9 Å². The van der Waals surface area contributed by atoms with Crippen molar-refractivity contribution in [2.24, 2.45) is 0 Å². The Hall–Kier alpha value is -1.04. The second-order valence-electron chi connectivity index (χ2n) is 6.41. The maximum Gasteiger partial charge on any atom is 0.185 e. The summed E-state index contributed by atoms with van der Waals surface area (Å²) in [6, 6.07) is 8.94. The summed E-state index contributed by atoms with van der Waals surface area (Å²) >= 11 is 3.85. The smallest absolute Gasteiger partial charge is 0.185 e. The lowest BCUT2D eigenvalue weighted by Crippen LogP contribution is -2.34. The van der Waals surface area contributed by atoms with E-state index in [1.54, 1.807) is 0 Å². The maximum atomic E-state index is 4.47. The van der Waals surface area contributed by atoms with Crippen LogP contribution in [-0.2, 0) is 6.54 Å². The van der Waals surface area contributed by atoms with Crippen molar-refractivity contribution in [2.45, 2.75) is 36.5 Å². The van der Waals surface area contributed by atoms with Crippen LogP contribution in [0.4, 0.5) is 5.13 Å². The number of piperidine rings is 1. The number of aromatic nitrogens is 1. The number of thiazole rings is 1. The molecule has 124 valence electrons. The van der Waals surface area contributed by atoms with Crippen LogP contribution < -0.4 is 4.90 Å². The van der Waals surface area contributed by atoms with E-state index in [0.29, 0.717) is 0 Å². The Bertz CT molecular complexity index is 613. The number of hydrogen-bond donors (Lipinski definition) is 0. The van der Waals surface area contributed by atoms with E-state index in [4.69, 9.17) is 0 Å². The van der Waals surface area contributed by atoms with Crippen LogP contribution in [0.1, 0.15) is 23.3 Å². The van der Waals surface area contributed by atoms with Crippen LogP contribution in [0, 0.1) is 6.92 Å². The molecule has 3 rings (SSSR count). The van der Waals surface area contributed by atoms with Crippen molar-refractivity contribution in [3.05, 3.63) is 40.9 Å². The number of benzene rings is 1. The zero-order valence-corrected chi connectivity index (χ0v) is 15.8. The van der Waals surface area contributed by atoms with Gasteiger partial charge in [-0.2, -0.15) is 0 Å². The lowest BCUT2D eigenvalue weighted by molar-refractivity contribution is 0.226. The Morgan fingerprint density at radius 2 is 1.91 bits per heavy atom. The second kappa shape index (κ2) is 7.69. The van der Waals surface area contributed by atoms with Gasteiger partial charge in [0.05, 0.1) is 0 Å². The largest absolute Gasteiger partial charge is 0.354 e. The van der Waals surface area contributed by atoms with Crippen molar-refractivity contribution in [2.75, 3.05) is 32.1 Å². The standard InChI is InChI=1S/C18H25N3S2/c1-14-4-6-15(7-5-14)22-16-8-10-21(11-9-16)13-17-12-19-18(23-17)20(2)3/h4-7,12,16H,8-11,13H2,1-3H3. The van der Waals surface area contributed by atoms with Crippen molar-refractivity contribution in [3.63, 3.8) is 0 Å². The monoisotopic (exact) mass is 347 g/mol. The van der Waals surface area contributed by atoms with Crippen LogP contribution in [0.5, 0.6) is 0 Å². The molecule has 0 bridgehead atoms. The number of likely N-dealkylation sites (tertiary alicyclic amines) is 1. The number of aryl methyl sites for hydroxylation is 1. The molecule has 1 saturated heterocycles. The summed E-state index contributed by atoms with van der Waals surface area (Å²) in [7, 11) is 4.10. The number of rotatable bonds is 5. The van der Waals surface area contributed by atoms with Crippen LogP contribution in [0.3, 0.4) is 0 Å². The lowest BCUT2D eigenvalue weighted by Gasteiger charge is -2.31. The van der Waals surface area contributed by atoms with Gasteiger partial charge in [0.2, 0.25) is 0 Å². The Morgan fingerprint density at radius 1 is 1.22 bits per heavy atom. The summed E-state index contributed by atoms with van der Waals surface area (Å²) in [5.74, 6) is 0. The summed E-state index contributed by atoms with van der Waals surface area (Å²) in [5.41, 5.74) is 1.34. The normalized spacial score (nSPS) is 16.7. The fraction of sp³-hybridized carbons (Fsp3) is 0.500. The first-order valence-electron chi connectivity index (χ1n) is 8.18. The first-order chi connectivity index (χ1) is 11.1. The molecule has 0 unspecified atom stereocenters. The van der Waals surface area contributed by atoms with Crippen LogP contribution in [0.15, 0.2) is 35.4 Å². The quantitative estimate of drug-likeness (QED) is 0.804. The minimum absolute atomic E-state index is 0.757. The van der Waals surface area contributed by atoms with Gasteiger partial charge in [-0.15, -0.1) is 23.1 Å². The Kier molecular flexibility index (Phi) is 5.62. The first kappa shape index (κ1) is 16.8. The van der Waals surface area contributed by atoms with E-state index in [0.717, 1.165) is 16.9 Å². The third-order valence-corrected chi connectivity index (χ3v) is 6.66. The molecule has 3 nitrogen and oxygen atoms in total. The van der Waals surface area contributed by atoms with E-state index in [1.165, 1.54) is 41.3 Å². The van der Waals surface area contributed by atoms with Crippen molar-refractivity contribution >= 4 is 28.2 Å². The molecular formula is C18H25N3S2. The van der Waals surface area contributed by atoms with Gasteiger partial charge in [-0.1, -0.05) is 17.7 Å². The van der Waals surface area contributed by atoms with Gasteiger partial charge in [0.1, 0.15) is 0 Å². The predicted molar refractivity (Wildman–Crippen MR) is 102 cm³/mol. The average molecular weight is 348 g/mol. The Morgan fingerprint density at radius 3 is 2.52 bits per heavy atom. The molecule has 5 heteroatoms. The van der Waals surface area contributed by atoms with Gasteiger partial charge in [-0.3, -0.25) is 4.90 Å². The van der Waals surface area contributed by atoms with Gasteiger partial charge in [-0.25, -0.2) is 4.98 Å². The third-order valence-electron chi connectivity index (χ3n) is 4.16. The molecule has 0 spiro atoms. The van der Waals surface area contributed by atoms with E-state index < -0.39 is 0 Å². The Labute approximate surface area is 147 Å². The summed E-state index contributed by atoms with van der Waals surface area (Å²) in [6.07, 6.45) is 4.59. The summed E-state index contributed by atoms with van der Waals surface area (Å²) in [5, 5.41) is 1.86. The molecule has 1 aromatic heterocycles. The first-order valence-corrected chi connectivity index (χ1v) is 9.87. The molecule has 0 amide bonds. The van der Waals surface area contributed by atoms with Crippen molar-refractivity contribution in [1.29, 1.82) is 0 Å². The molecule has 0 saturated carbocycles. The fourth-order valence-electron chi connectivity index (χ4n) is 2.79. The molecule has 2 aromatic rings. The summed E-state index contributed by atoms with van der Waals surface area (Å²) in [4.78, 5) is 11.9. The minimum atomic E-state index is 0.757. The van der Waals surface area contributed by atoms with Gasteiger partial charge in [-0.05, 0) is 45.0 Å². The summed E-state index contributed by atoms with van der Waals surface area (Å²) < 4.78 is 0. The average Bonchev–Trinajstić information content (AvgIpc) is 3.00. The zero-order chi connectivity index (χ0) is 16.2. The molecule has 0 aliphatic carbocycles. The molecule has 1 fully saturated rings. The zero-order valence-electron chi connectivity index (χ0n) is 14.2. The Balaban J connectivity index is 1.47. The van der Waals surface area contributed by atoms with Crippen molar-refractivity contribution in [1.82, 2.24) is 9.88 Å². The fourth-order valence-corrected chi connectivity index (χ4v) is 4.79. The molecule has 1 aliphatic rings. The van der Waals surface area contributed by atoms with E-state index in [-0.39, 0.29) is 0 Å². The van der Waals surface area contributed by atoms with Gasteiger partial charge in [0.15, 0.2) is 5.13 Å². The van der Waals surface area contributed by atoms with Crippen molar-refractivity contribution < 1.29 is 0 Å². The summed E-state index contributed by atoms with van der Waals surface area (Å²) in [6.45, 7) is 5.58. The molecule has 0 N–H and O–H groups in total. The molecule has 2 heterocycles. The molecule has 1 aromatic carbocycles. The predicted octanol–water partition coefficient (Wildman–Crippen LogP) is 4.27. The van der Waals surface area contributed by atoms with Gasteiger partial charge < -0.3 is 4.90 Å². The topological polar surface area (TPSA) is 19.4 Å².